The minimum absolute atomic E-state index is 0.0462. The topological polar surface area (TPSA) is 57.2 Å². The molecule has 0 amide bonds. The summed E-state index contributed by atoms with van der Waals surface area (Å²) in [6, 6.07) is 6.01. The Labute approximate surface area is 159 Å². The number of pyridine rings is 1. The largest absolute Gasteiger partial charge is 0.598 e. The lowest BCUT2D eigenvalue weighted by Crippen LogP contribution is -2.48. The first-order valence-electron chi connectivity index (χ1n) is 9.13. The number of hydrogen-bond donors (Lipinski definition) is 1. The van der Waals surface area contributed by atoms with Crippen molar-refractivity contribution < 1.29 is 8.98 Å². The van der Waals surface area contributed by atoms with Crippen LogP contribution in [0.2, 0.25) is 13.1 Å². The van der Waals surface area contributed by atoms with Crippen molar-refractivity contribution in [2.75, 3.05) is 0 Å². The summed E-state index contributed by atoms with van der Waals surface area (Å²) in [5.41, 5.74) is 1.06. The van der Waals surface area contributed by atoms with Gasteiger partial charge >= 0.3 is 0 Å². The van der Waals surface area contributed by atoms with E-state index < -0.39 is 20.4 Å². The van der Waals surface area contributed by atoms with Gasteiger partial charge in [0, 0.05) is 29.7 Å². The molecule has 0 aliphatic rings. The molecule has 1 rings (SSSR count). The zero-order chi connectivity index (χ0) is 19.3. The molecule has 0 aliphatic heterocycles. The van der Waals surface area contributed by atoms with Crippen molar-refractivity contribution in [2.45, 2.75) is 84.4 Å². The molecular weight excluding hydrogens is 348 g/mol. The minimum atomic E-state index is -1.16. The van der Waals surface area contributed by atoms with E-state index in [0.717, 1.165) is 18.5 Å². The first-order valence-corrected chi connectivity index (χ1v) is 13.1. The third-order valence-corrected chi connectivity index (χ3v) is 6.45. The fourth-order valence-electron chi connectivity index (χ4n) is 2.47. The highest BCUT2D eigenvalue weighted by Gasteiger charge is 2.34. The molecule has 25 heavy (non-hydrogen) atoms. The fraction of sp³-hybridized carbons (Fsp3) is 0.737. The van der Waals surface area contributed by atoms with E-state index in [0.29, 0.717) is 0 Å². The van der Waals surface area contributed by atoms with Crippen molar-refractivity contribution in [3.05, 3.63) is 30.1 Å². The second kappa shape index (κ2) is 9.51. The van der Waals surface area contributed by atoms with Gasteiger partial charge in [-0.2, -0.15) is 0 Å². The minimum Gasteiger partial charge on any atom is -0.598 e. The number of nitrogens with one attached hydrogen (secondary N) is 1. The molecule has 0 bridgehead atoms. The van der Waals surface area contributed by atoms with Gasteiger partial charge in [-0.25, -0.2) is 0 Å². The standard InChI is InChI=1S/C19H36N2O2SSi/c1-18(2,3)17(23-25(7)8)14-16(21-24(22)19(4,5)6)13-15-11-9-10-12-20-15/h9-12,16-17,21,25H,13-14H2,1-8H3/t16?,17?,24-/m0/s1. The van der Waals surface area contributed by atoms with Crippen LogP contribution in [0.4, 0.5) is 0 Å². The third-order valence-electron chi connectivity index (χ3n) is 3.91. The molecule has 1 aromatic rings. The van der Waals surface area contributed by atoms with Gasteiger partial charge in [0.2, 0.25) is 0 Å². The maximum atomic E-state index is 12.7. The van der Waals surface area contributed by atoms with Crippen molar-refractivity contribution in [1.82, 2.24) is 9.71 Å². The fourth-order valence-corrected chi connectivity index (χ4v) is 4.49. The van der Waals surface area contributed by atoms with Crippen molar-refractivity contribution >= 4 is 20.4 Å². The normalized spacial score (nSPS) is 16.7. The quantitative estimate of drug-likeness (QED) is 0.546. The van der Waals surface area contributed by atoms with Gasteiger partial charge in [-0.1, -0.05) is 26.8 Å². The number of rotatable bonds is 8. The van der Waals surface area contributed by atoms with Gasteiger partial charge in [0.1, 0.15) is 4.75 Å². The molecule has 2 unspecified atom stereocenters. The summed E-state index contributed by atoms with van der Waals surface area (Å²) >= 11 is -1.12. The van der Waals surface area contributed by atoms with Crippen LogP contribution in [0.25, 0.3) is 0 Å². The predicted molar refractivity (Wildman–Crippen MR) is 111 cm³/mol. The van der Waals surface area contributed by atoms with E-state index in [9.17, 15) is 4.55 Å². The molecule has 0 radical (unpaired) electrons. The SMILES string of the molecule is C[SiH](C)OC(CC(Cc1ccccn1)N[S@@+]([O-])C(C)(C)C)C(C)(C)C. The Bertz CT molecular complexity index is 500. The van der Waals surface area contributed by atoms with Crippen LogP contribution in [0.1, 0.15) is 53.7 Å². The average Bonchev–Trinajstić information content (AvgIpc) is 2.45. The molecule has 6 heteroatoms. The average molecular weight is 385 g/mol. The summed E-state index contributed by atoms with van der Waals surface area (Å²) in [5.74, 6) is 0. The molecule has 1 N–H and O–H groups in total. The van der Waals surface area contributed by atoms with Crippen molar-refractivity contribution in [3.63, 3.8) is 0 Å². The van der Waals surface area contributed by atoms with Gasteiger partial charge in [0.25, 0.3) is 0 Å². The van der Waals surface area contributed by atoms with E-state index in [2.05, 4.69) is 43.6 Å². The zero-order valence-electron chi connectivity index (χ0n) is 17.1. The van der Waals surface area contributed by atoms with Crippen LogP contribution in [-0.2, 0) is 22.2 Å². The van der Waals surface area contributed by atoms with E-state index in [1.54, 1.807) is 0 Å². The van der Waals surface area contributed by atoms with E-state index in [4.69, 9.17) is 4.43 Å². The number of aromatic nitrogens is 1. The van der Waals surface area contributed by atoms with Crippen LogP contribution in [-0.4, -0.2) is 35.5 Å². The maximum absolute atomic E-state index is 12.7. The monoisotopic (exact) mass is 384 g/mol. The van der Waals surface area contributed by atoms with Gasteiger partial charge in [-0.3, -0.25) is 4.98 Å². The van der Waals surface area contributed by atoms with Gasteiger partial charge in [0.05, 0.1) is 12.1 Å². The summed E-state index contributed by atoms with van der Waals surface area (Å²) in [6.07, 6.45) is 3.52. The van der Waals surface area contributed by atoms with E-state index in [1.807, 2.05) is 45.2 Å². The Morgan fingerprint density at radius 1 is 1.20 bits per heavy atom. The van der Waals surface area contributed by atoms with E-state index in [-0.39, 0.29) is 22.3 Å². The van der Waals surface area contributed by atoms with Gasteiger partial charge in [-0.15, -0.1) is 4.72 Å². The zero-order valence-corrected chi connectivity index (χ0v) is 19.1. The highest BCUT2D eigenvalue weighted by atomic mass is 32.2. The second-order valence-electron chi connectivity index (χ2n) is 9.00. The molecule has 4 nitrogen and oxygen atoms in total. The lowest BCUT2D eigenvalue weighted by molar-refractivity contribution is 0.0704. The van der Waals surface area contributed by atoms with Crippen LogP contribution in [0.3, 0.4) is 0 Å². The Hall–Kier alpha value is -0.403. The Morgan fingerprint density at radius 2 is 1.84 bits per heavy atom. The van der Waals surface area contributed by atoms with E-state index >= 15 is 0 Å². The second-order valence-corrected chi connectivity index (χ2v) is 13.4. The van der Waals surface area contributed by atoms with Crippen molar-refractivity contribution in [1.29, 1.82) is 0 Å². The lowest BCUT2D eigenvalue weighted by Gasteiger charge is -2.36. The Kier molecular flexibility index (Phi) is 8.61. The van der Waals surface area contributed by atoms with Gasteiger partial charge in [0.15, 0.2) is 9.04 Å². The third kappa shape index (κ3) is 8.69. The maximum Gasteiger partial charge on any atom is 0.171 e. The summed E-state index contributed by atoms with van der Waals surface area (Å²) in [7, 11) is -1.16. The predicted octanol–water partition coefficient (Wildman–Crippen LogP) is 3.85. The molecule has 144 valence electrons. The summed E-state index contributed by atoms with van der Waals surface area (Å²) in [6.45, 7) is 17.0. The first kappa shape index (κ1) is 22.6. The first-order chi connectivity index (χ1) is 11.4. The molecule has 1 heterocycles. The summed E-state index contributed by atoms with van der Waals surface area (Å²) in [4.78, 5) is 4.45. The lowest BCUT2D eigenvalue weighted by atomic mass is 9.85. The molecule has 0 saturated carbocycles. The molecule has 3 atom stereocenters. The van der Waals surface area contributed by atoms with Crippen molar-refractivity contribution in [3.8, 4) is 0 Å². The molecular formula is C19H36N2O2SSi. The van der Waals surface area contributed by atoms with Crippen LogP contribution >= 0.6 is 0 Å². The van der Waals surface area contributed by atoms with Gasteiger partial charge in [-0.05, 0) is 57.8 Å². The molecule has 1 aromatic heterocycles. The van der Waals surface area contributed by atoms with E-state index in [1.165, 1.54) is 0 Å². The highest BCUT2D eigenvalue weighted by Crippen LogP contribution is 2.28. The Balaban J connectivity index is 2.95. The summed E-state index contributed by atoms with van der Waals surface area (Å²) in [5, 5.41) is 0. The molecule has 0 fully saturated rings. The van der Waals surface area contributed by atoms with Crippen molar-refractivity contribution in [2.24, 2.45) is 5.41 Å². The Morgan fingerprint density at radius 3 is 2.28 bits per heavy atom. The molecule has 0 saturated heterocycles. The summed E-state index contributed by atoms with van der Waals surface area (Å²) < 4.78 is 22.0. The van der Waals surface area contributed by atoms with Crippen LogP contribution in [0, 0.1) is 5.41 Å². The van der Waals surface area contributed by atoms with Crippen LogP contribution in [0.15, 0.2) is 24.4 Å². The smallest absolute Gasteiger partial charge is 0.171 e. The number of nitrogens with zero attached hydrogens (tertiary/aromatic N) is 1. The van der Waals surface area contributed by atoms with Crippen LogP contribution < -0.4 is 4.72 Å². The van der Waals surface area contributed by atoms with Gasteiger partial charge < -0.3 is 8.98 Å². The highest BCUT2D eigenvalue weighted by molar-refractivity contribution is 7.90. The molecule has 0 aliphatic carbocycles. The number of hydrogen-bond acceptors (Lipinski definition) is 4. The van der Waals surface area contributed by atoms with Crippen LogP contribution in [0.5, 0.6) is 0 Å². The molecule has 0 spiro atoms. The molecule has 0 aromatic carbocycles.